The van der Waals surface area contributed by atoms with E-state index in [2.05, 4.69) is 14.9 Å². The minimum Gasteiger partial charge on any atom is -0.384 e. The molecule has 0 aliphatic carbocycles. The molecule has 11 heavy (non-hydrogen) atoms. The van der Waals surface area contributed by atoms with Crippen molar-refractivity contribution in [1.29, 1.82) is 0 Å². The molecule has 0 aliphatic rings. The summed E-state index contributed by atoms with van der Waals surface area (Å²) in [5.74, 6) is 0. The number of nitrogens with one attached hydrogen (secondary N) is 1. The summed E-state index contributed by atoms with van der Waals surface area (Å²) < 4.78 is 25.2. The highest BCUT2D eigenvalue weighted by molar-refractivity contribution is 5.23. The summed E-state index contributed by atoms with van der Waals surface area (Å²) in [5.41, 5.74) is 2.91. The fourth-order valence-electron chi connectivity index (χ4n) is 1.10. The van der Waals surface area contributed by atoms with Gasteiger partial charge in [-0.1, -0.05) is 0 Å². The van der Waals surface area contributed by atoms with Crippen molar-refractivity contribution in [3.8, 4) is 0 Å². The second-order valence-corrected chi connectivity index (χ2v) is 2.51. The molecule has 1 rings (SSSR count). The number of methoxy groups -OCH3 is 1. The SMILES string of the molecule is [2H]C([2H])([2H])OCCc1c(C)n[nH]c1C. The molecule has 0 aromatic carbocycles. The van der Waals surface area contributed by atoms with Gasteiger partial charge in [0.1, 0.15) is 0 Å². The van der Waals surface area contributed by atoms with Crippen molar-refractivity contribution in [1.82, 2.24) is 10.2 Å². The first-order chi connectivity index (χ1) is 6.40. The largest absolute Gasteiger partial charge is 0.384 e. The summed E-state index contributed by atoms with van der Waals surface area (Å²) in [6.07, 6.45) is 0.576. The van der Waals surface area contributed by atoms with E-state index in [0.717, 1.165) is 17.0 Å². The Morgan fingerprint density at radius 3 is 3.00 bits per heavy atom. The van der Waals surface area contributed by atoms with Crippen LogP contribution in [0.1, 0.15) is 21.1 Å². The summed E-state index contributed by atoms with van der Waals surface area (Å²) >= 11 is 0. The molecule has 3 nitrogen and oxygen atoms in total. The summed E-state index contributed by atoms with van der Waals surface area (Å²) in [6.45, 7) is 3.98. The van der Waals surface area contributed by atoms with E-state index in [4.69, 9.17) is 4.11 Å². The van der Waals surface area contributed by atoms with Crippen LogP contribution in [0.4, 0.5) is 0 Å². The first-order valence-corrected chi connectivity index (χ1v) is 3.54. The maximum Gasteiger partial charge on any atom is 0.0626 e. The second kappa shape index (κ2) is 3.53. The fraction of sp³-hybridized carbons (Fsp3) is 0.625. The fourth-order valence-corrected chi connectivity index (χ4v) is 1.10. The van der Waals surface area contributed by atoms with Crippen LogP contribution in [-0.2, 0) is 11.2 Å². The van der Waals surface area contributed by atoms with Gasteiger partial charge >= 0.3 is 0 Å². The van der Waals surface area contributed by atoms with Crippen molar-refractivity contribution >= 4 is 0 Å². The molecule has 3 heteroatoms. The lowest BCUT2D eigenvalue weighted by atomic mass is 10.1. The van der Waals surface area contributed by atoms with Gasteiger partial charge in [-0.15, -0.1) is 0 Å². The molecule has 1 N–H and O–H groups in total. The van der Waals surface area contributed by atoms with Crippen LogP contribution in [0.25, 0.3) is 0 Å². The Balaban J connectivity index is 2.46. The topological polar surface area (TPSA) is 37.9 Å². The van der Waals surface area contributed by atoms with Gasteiger partial charge in [0, 0.05) is 12.7 Å². The lowest BCUT2D eigenvalue weighted by molar-refractivity contribution is 0.202. The van der Waals surface area contributed by atoms with E-state index >= 15 is 0 Å². The quantitative estimate of drug-likeness (QED) is 0.716. The van der Waals surface area contributed by atoms with Gasteiger partial charge in [0.25, 0.3) is 0 Å². The highest BCUT2D eigenvalue weighted by Gasteiger charge is 2.04. The Morgan fingerprint density at radius 2 is 2.45 bits per heavy atom. The molecule has 62 valence electrons. The van der Waals surface area contributed by atoms with Crippen molar-refractivity contribution in [2.45, 2.75) is 20.3 Å². The molecular formula is C8H14N2O. The van der Waals surface area contributed by atoms with Gasteiger partial charge in [-0.2, -0.15) is 5.10 Å². The molecular weight excluding hydrogens is 140 g/mol. The maximum absolute atomic E-state index is 6.86. The van der Waals surface area contributed by atoms with Gasteiger partial charge in [0.15, 0.2) is 0 Å². The standard InChI is InChI=1S/C8H14N2O/c1-6-8(4-5-11-3)7(2)10-9-6/h4-5H2,1-3H3,(H,9,10)/i3D3. The summed E-state index contributed by atoms with van der Waals surface area (Å²) in [4.78, 5) is 0. The molecule has 0 radical (unpaired) electrons. The first-order valence-electron chi connectivity index (χ1n) is 5.04. The smallest absolute Gasteiger partial charge is 0.0626 e. The lowest BCUT2D eigenvalue weighted by Gasteiger charge is -1.98. The Morgan fingerprint density at radius 1 is 1.64 bits per heavy atom. The van der Waals surface area contributed by atoms with Crippen molar-refractivity contribution in [3.63, 3.8) is 0 Å². The normalized spacial score (nSPS) is 15.6. The molecule has 1 aromatic rings. The minimum atomic E-state index is -2.30. The van der Waals surface area contributed by atoms with Crippen molar-refractivity contribution in [3.05, 3.63) is 17.0 Å². The van der Waals surface area contributed by atoms with Crippen LogP contribution < -0.4 is 0 Å². The Bertz CT molecular complexity index is 287. The van der Waals surface area contributed by atoms with Crippen LogP contribution in [0.2, 0.25) is 0 Å². The number of hydrogen-bond acceptors (Lipinski definition) is 2. The molecule has 0 atom stereocenters. The van der Waals surface area contributed by atoms with E-state index in [1.807, 2.05) is 13.8 Å². The molecule has 0 fully saturated rings. The monoisotopic (exact) mass is 157 g/mol. The maximum atomic E-state index is 6.86. The van der Waals surface area contributed by atoms with E-state index in [-0.39, 0.29) is 6.61 Å². The zero-order chi connectivity index (χ0) is 10.8. The summed E-state index contributed by atoms with van der Waals surface area (Å²) in [5, 5.41) is 6.85. The molecule has 0 amide bonds. The zero-order valence-electron chi connectivity index (χ0n) is 9.77. The number of aromatic nitrogens is 2. The average Bonchev–Trinajstić information content (AvgIpc) is 2.33. The predicted octanol–water partition coefficient (Wildman–Crippen LogP) is 1.22. The average molecular weight is 157 g/mol. The van der Waals surface area contributed by atoms with Crippen molar-refractivity contribution < 1.29 is 8.85 Å². The number of aromatic amines is 1. The number of H-pyrrole nitrogens is 1. The van der Waals surface area contributed by atoms with E-state index in [0.29, 0.717) is 6.42 Å². The van der Waals surface area contributed by atoms with E-state index in [9.17, 15) is 0 Å². The van der Waals surface area contributed by atoms with Crippen LogP contribution >= 0.6 is 0 Å². The molecule has 0 saturated carbocycles. The number of hydrogen-bond donors (Lipinski definition) is 1. The van der Waals surface area contributed by atoms with E-state index in [1.165, 1.54) is 0 Å². The highest BCUT2D eigenvalue weighted by atomic mass is 16.5. The van der Waals surface area contributed by atoms with Crippen molar-refractivity contribution in [2.24, 2.45) is 0 Å². The highest BCUT2D eigenvalue weighted by Crippen LogP contribution is 2.09. The summed E-state index contributed by atoms with van der Waals surface area (Å²) in [6, 6.07) is 0. The van der Waals surface area contributed by atoms with Crippen LogP contribution in [-0.4, -0.2) is 23.8 Å². The summed E-state index contributed by atoms with van der Waals surface area (Å²) in [7, 11) is -2.30. The number of ether oxygens (including phenoxy) is 1. The molecule has 1 heterocycles. The minimum absolute atomic E-state index is 0.192. The molecule has 0 saturated heterocycles. The first kappa shape index (κ1) is 4.93. The second-order valence-electron chi connectivity index (χ2n) is 2.51. The molecule has 0 bridgehead atoms. The Hall–Kier alpha value is -0.830. The third-order valence-electron chi connectivity index (χ3n) is 1.73. The van der Waals surface area contributed by atoms with Gasteiger partial charge in [-0.05, 0) is 25.8 Å². The Kier molecular flexibility index (Phi) is 1.58. The predicted molar refractivity (Wildman–Crippen MR) is 43.6 cm³/mol. The number of nitrogens with zero attached hydrogens (tertiary/aromatic N) is 1. The van der Waals surface area contributed by atoms with Gasteiger partial charge < -0.3 is 4.74 Å². The van der Waals surface area contributed by atoms with Gasteiger partial charge in [0.2, 0.25) is 0 Å². The van der Waals surface area contributed by atoms with Crippen LogP contribution in [0.3, 0.4) is 0 Å². The molecule has 0 unspecified atom stereocenters. The zero-order valence-corrected chi connectivity index (χ0v) is 6.77. The molecule has 1 aromatic heterocycles. The molecule has 0 spiro atoms. The molecule has 0 aliphatic heterocycles. The van der Waals surface area contributed by atoms with Gasteiger partial charge in [-0.25, -0.2) is 0 Å². The van der Waals surface area contributed by atoms with Crippen LogP contribution in [0, 0.1) is 13.8 Å². The third kappa shape index (κ3) is 1.80. The van der Waals surface area contributed by atoms with Crippen LogP contribution in [0.15, 0.2) is 0 Å². The van der Waals surface area contributed by atoms with Crippen LogP contribution in [0.5, 0.6) is 0 Å². The van der Waals surface area contributed by atoms with Gasteiger partial charge in [-0.3, -0.25) is 5.10 Å². The lowest BCUT2D eigenvalue weighted by Crippen LogP contribution is -1.96. The Labute approximate surface area is 71.0 Å². The van der Waals surface area contributed by atoms with E-state index in [1.54, 1.807) is 0 Å². The third-order valence-corrected chi connectivity index (χ3v) is 1.73. The van der Waals surface area contributed by atoms with E-state index < -0.39 is 7.04 Å². The number of aryl methyl sites for hydroxylation is 2. The van der Waals surface area contributed by atoms with Gasteiger partial charge in [0.05, 0.1) is 16.4 Å². The number of rotatable bonds is 3. The van der Waals surface area contributed by atoms with Crippen molar-refractivity contribution in [2.75, 3.05) is 13.6 Å².